The second-order valence-electron chi connectivity index (χ2n) is 4.32. The Hall–Kier alpha value is -0.550. The van der Waals surface area contributed by atoms with Gasteiger partial charge in [-0.15, -0.1) is 10.2 Å². The van der Waals surface area contributed by atoms with E-state index in [1.54, 1.807) is 0 Å². The summed E-state index contributed by atoms with van der Waals surface area (Å²) in [6.07, 6.45) is 4.77. The lowest BCUT2D eigenvalue weighted by Gasteiger charge is -2.21. The Morgan fingerprint density at radius 1 is 1.20 bits per heavy atom. The molecule has 0 spiro atoms. The predicted octanol–water partition coefficient (Wildman–Crippen LogP) is 1.64. The molecule has 15 heavy (non-hydrogen) atoms. The Morgan fingerprint density at radius 3 is 2.87 bits per heavy atom. The molecule has 1 fully saturated rings. The van der Waals surface area contributed by atoms with Crippen LogP contribution in [0.2, 0.25) is 0 Å². The van der Waals surface area contributed by atoms with Crippen LogP contribution in [0.4, 0.5) is 0 Å². The van der Waals surface area contributed by atoms with E-state index in [2.05, 4.69) is 14.8 Å². The van der Waals surface area contributed by atoms with E-state index < -0.39 is 0 Å². The number of hydrogen-bond donors (Lipinski definition) is 1. The highest BCUT2D eigenvalue weighted by atomic mass is 32.2. The Morgan fingerprint density at radius 2 is 2.07 bits per heavy atom. The van der Waals surface area contributed by atoms with Crippen molar-refractivity contribution in [1.82, 2.24) is 14.8 Å². The normalized spacial score (nSPS) is 30.5. The molecule has 0 bridgehead atoms. The number of hydrogen-bond acceptors (Lipinski definition) is 4. The lowest BCUT2D eigenvalue weighted by molar-refractivity contribution is 0.441. The van der Waals surface area contributed by atoms with E-state index in [4.69, 9.17) is 5.73 Å². The number of rotatable bonds is 1. The van der Waals surface area contributed by atoms with Crippen LogP contribution in [0.5, 0.6) is 0 Å². The highest BCUT2D eigenvalue weighted by molar-refractivity contribution is 7.99. The predicted molar refractivity (Wildman–Crippen MR) is 60.6 cm³/mol. The van der Waals surface area contributed by atoms with Crippen LogP contribution in [0.25, 0.3) is 0 Å². The fourth-order valence-electron chi connectivity index (χ4n) is 2.45. The standard InChI is InChI=1S/C10H16N4S/c11-7-3-1-5-14-9(7)12-13-10(14)8-4-2-6-15-8/h7-8H,1-6,11H2. The first-order chi connectivity index (χ1) is 7.36. The van der Waals surface area contributed by atoms with Crippen LogP contribution < -0.4 is 5.73 Å². The molecule has 4 nitrogen and oxygen atoms in total. The van der Waals surface area contributed by atoms with Crippen molar-refractivity contribution in [2.24, 2.45) is 5.73 Å². The highest BCUT2D eigenvalue weighted by Gasteiger charge is 2.28. The van der Waals surface area contributed by atoms with Gasteiger partial charge in [-0.05, 0) is 31.4 Å². The van der Waals surface area contributed by atoms with Gasteiger partial charge in [-0.1, -0.05) is 0 Å². The summed E-state index contributed by atoms with van der Waals surface area (Å²) < 4.78 is 2.26. The van der Waals surface area contributed by atoms with Gasteiger partial charge in [0.1, 0.15) is 11.6 Å². The number of fused-ring (bicyclic) bond motifs is 1. The van der Waals surface area contributed by atoms with Crippen molar-refractivity contribution in [1.29, 1.82) is 0 Å². The van der Waals surface area contributed by atoms with Gasteiger partial charge < -0.3 is 10.3 Å². The molecule has 2 unspecified atom stereocenters. The first kappa shape index (κ1) is 9.66. The van der Waals surface area contributed by atoms with Crippen LogP contribution >= 0.6 is 11.8 Å². The molecular formula is C10H16N4S. The van der Waals surface area contributed by atoms with E-state index >= 15 is 0 Å². The van der Waals surface area contributed by atoms with E-state index in [1.807, 2.05) is 11.8 Å². The molecule has 2 aliphatic heterocycles. The van der Waals surface area contributed by atoms with Gasteiger partial charge >= 0.3 is 0 Å². The summed E-state index contributed by atoms with van der Waals surface area (Å²) in [6.45, 7) is 1.06. The van der Waals surface area contributed by atoms with Crippen molar-refractivity contribution in [2.45, 2.75) is 43.5 Å². The SMILES string of the molecule is NC1CCCn2c1nnc2C1CCCS1. The quantitative estimate of drug-likeness (QED) is 0.788. The molecule has 2 atom stereocenters. The third kappa shape index (κ3) is 1.58. The average molecular weight is 224 g/mol. The maximum atomic E-state index is 6.03. The van der Waals surface area contributed by atoms with Crippen molar-refractivity contribution in [3.8, 4) is 0 Å². The van der Waals surface area contributed by atoms with Gasteiger partial charge in [0.15, 0.2) is 0 Å². The summed E-state index contributed by atoms with van der Waals surface area (Å²) in [6, 6.07) is 0.103. The van der Waals surface area contributed by atoms with Crippen LogP contribution in [-0.2, 0) is 6.54 Å². The topological polar surface area (TPSA) is 56.7 Å². The highest BCUT2D eigenvalue weighted by Crippen LogP contribution is 2.40. The first-order valence-corrected chi connectivity index (χ1v) is 6.71. The van der Waals surface area contributed by atoms with Crippen molar-refractivity contribution in [3.63, 3.8) is 0 Å². The molecule has 1 aromatic rings. The molecule has 0 radical (unpaired) electrons. The van der Waals surface area contributed by atoms with E-state index in [1.165, 1.54) is 24.4 Å². The summed E-state index contributed by atoms with van der Waals surface area (Å²) in [4.78, 5) is 0. The lowest BCUT2D eigenvalue weighted by atomic mass is 10.1. The molecule has 3 heterocycles. The second kappa shape index (κ2) is 3.79. The summed E-state index contributed by atoms with van der Waals surface area (Å²) in [5.74, 6) is 3.44. The zero-order valence-electron chi connectivity index (χ0n) is 8.72. The van der Waals surface area contributed by atoms with Crippen molar-refractivity contribution < 1.29 is 0 Å². The van der Waals surface area contributed by atoms with Crippen LogP contribution in [0, 0.1) is 0 Å². The van der Waals surface area contributed by atoms with Gasteiger partial charge in [-0.25, -0.2) is 0 Å². The minimum Gasteiger partial charge on any atom is -0.321 e. The van der Waals surface area contributed by atoms with E-state index in [9.17, 15) is 0 Å². The van der Waals surface area contributed by atoms with Gasteiger partial charge in [-0.3, -0.25) is 0 Å². The minimum absolute atomic E-state index is 0.103. The molecule has 0 aliphatic carbocycles. The first-order valence-electron chi connectivity index (χ1n) is 5.66. The number of aromatic nitrogens is 3. The van der Waals surface area contributed by atoms with Crippen LogP contribution in [-0.4, -0.2) is 20.5 Å². The number of thioether (sulfide) groups is 1. The molecule has 3 rings (SSSR count). The molecule has 2 aliphatic rings. The fraction of sp³-hybridized carbons (Fsp3) is 0.800. The summed E-state index contributed by atoms with van der Waals surface area (Å²) in [5, 5.41) is 9.17. The van der Waals surface area contributed by atoms with Crippen LogP contribution in [0.3, 0.4) is 0 Å². The van der Waals surface area contributed by atoms with E-state index in [0.717, 1.165) is 25.2 Å². The average Bonchev–Trinajstić information content (AvgIpc) is 2.85. The number of nitrogens with zero attached hydrogens (tertiary/aromatic N) is 3. The Labute approximate surface area is 93.6 Å². The van der Waals surface area contributed by atoms with Gasteiger partial charge in [0.25, 0.3) is 0 Å². The fourth-order valence-corrected chi connectivity index (χ4v) is 3.72. The molecular weight excluding hydrogens is 208 g/mol. The lowest BCUT2D eigenvalue weighted by Crippen LogP contribution is -2.23. The minimum atomic E-state index is 0.103. The summed E-state index contributed by atoms with van der Waals surface area (Å²) >= 11 is 2.01. The zero-order chi connectivity index (χ0) is 10.3. The Kier molecular flexibility index (Phi) is 2.44. The third-order valence-electron chi connectivity index (χ3n) is 3.25. The summed E-state index contributed by atoms with van der Waals surface area (Å²) in [7, 11) is 0. The van der Waals surface area contributed by atoms with Gasteiger partial charge in [0.05, 0.1) is 11.3 Å². The van der Waals surface area contributed by atoms with Gasteiger partial charge in [-0.2, -0.15) is 11.8 Å². The van der Waals surface area contributed by atoms with E-state index in [0.29, 0.717) is 5.25 Å². The largest absolute Gasteiger partial charge is 0.321 e. The molecule has 0 saturated carbocycles. The van der Waals surface area contributed by atoms with Crippen molar-refractivity contribution in [3.05, 3.63) is 11.6 Å². The van der Waals surface area contributed by atoms with E-state index in [-0.39, 0.29) is 6.04 Å². The molecule has 1 saturated heterocycles. The molecule has 82 valence electrons. The summed E-state index contributed by atoms with van der Waals surface area (Å²) in [5.41, 5.74) is 6.03. The molecule has 0 aromatic carbocycles. The third-order valence-corrected chi connectivity index (χ3v) is 4.63. The maximum absolute atomic E-state index is 6.03. The van der Waals surface area contributed by atoms with Gasteiger partial charge in [0, 0.05) is 6.54 Å². The smallest absolute Gasteiger partial charge is 0.150 e. The molecule has 2 N–H and O–H groups in total. The molecule has 5 heteroatoms. The van der Waals surface area contributed by atoms with Crippen molar-refractivity contribution in [2.75, 3.05) is 5.75 Å². The van der Waals surface area contributed by atoms with Gasteiger partial charge in [0.2, 0.25) is 0 Å². The second-order valence-corrected chi connectivity index (χ2v) is 5.63. The monoisotopic (exact) mass is 224 g/mol. The molecule has 1 aromatic heterocycles. The Balaban J connectivity index is 1.95. The maximum Gasteiger partial charge on any atom is 0.150 e. The van der Waals surface area contributed by atoms with Crippen molar-refractivity contribution >= 4 is 11.8 Å². The zero-order valence-corrected chi connectivity index (χ0v) is 9.54. The Bertz CT molecular complexity index is 356. The van der Waals surface area contributed by atoms with Crippen LogP contribution in [0.1, 0.15) is 48.6 Å². The molecule has 0 amide bonds. The number of nitrogens with two attached hydrogens (primary N) is 1. The van der Waals surface area contributed by atoms with Crippen LogP contribution in [0.15, 0.2) is 0 Å².